The fourth-order valence-corrected chi connectivity index (χ4v) is 9.20. The zero-order valence-electron chi connectivity index (χ0n) is 39.3. The molecule has 0 radical (unpaired) electrons. The second kappa shape index (κ2) is 22.8. The Bertz CT molecular complexity index is 1030. The van der Waals surface area contributed by atoms with Crippen LogP contribution in [0.25, 0.3) is 0 Å². The maximum Gasteiger partial charge on any atom is 1.00 e. The first-order valence-electron chi connectivity index (χ1n) is 20.4. The van der Waals surface area contributed by atoms with Crippen molar-refractivity contribution in [2.24, 2.45) is 23.7 Å². The fraction of sp³-hybridized carbons (Fsp3) is 0.907. The van der Waals surface area contributed by atoms with E-state index in [9.17, 15) is 5.11 Å². The average Bonchev–Trinajstić information content (AvgIpc) is 3.46. The predicted octanol–water partition coefficient (Wildman–Crippen LogP) is 8.50. The van der Waals surface area contributed by atoms with Gasteiger partial charge < -0.3 is 38.4 Å². The van der Waals surface area contributed by atoms with Gasteiger partial charge in [0.15, 0.2) is 28.2 Å². The Morgan fingerprint density at radius 3 is 1.20 bits per heavy atom. The predicted molar refractivity (Wildman–Crippen MR) is 227 cm³/mol. The molecule has 8 nitrogen and oxygen atoms in total. The molecule has 0 aliphatic carbocycles. The minimum absolute atomic E-state index is 0. The minimum Gasteiger partial charge on any atom is -0.870 e. The summed E-state index contributed by atoms with van der Waals surface area (Å²) in [6.07, 6.45) is 12.5. The van der Waals surface area contributed by atoms with Crippen LogP contribution in [0.15, 0.2) is 24.3 Å². The van der Waals surface area contributed by atoms with Crippen molar-refractivity contribution in [3.05, 3.63) is 24.3 Å². The number of ether oxygens (including phenoxy) is 4. The van der Waals surface area contributed by atoms with Crippen LogP contribution in [0.5, 0.6) is 0 Å². The van der Waals surface area contributed by atoms with Crippen LogP contribution < -0.4 is 29.6 Å². The van der Waals surface area contributed by atoms with E-state index >= 15 is 0 Å². The van der Waals surface area contributed by atoms with E-state index in [1.54, 1.807) is 0 Å². The van der Waals surface area contributed by atoms with Crippen molar-refractivity contribution < 1.29 is 67.9 Å². The van der Waals surface area contributed by atoms with Gasteiger partial charge in [-0.25, -0.2) is 0 Å². The Hall–Kier alpha value is 0.594. The van der Waals surface area contributed by atoms with Crippen LogP contribution in [0.3, 0.4) is 0 Å². The molecule has 0 amide bonds. The summed E-state index contributed by atoms with van der Waals surface area (Å²) in [5, 5.41) is 9.76. The minimum atomic E-state index is -1.76. The largest absolute Gasteiger partial charge is 1.00 e. The van der Waals surface area contributed by atoms with Gasteiger partial charge in [-0.1, -0.05) is 107 Å². The van der Waals surface area contributed by atoms with Crippen LogP contribution in [-0.2, 0) is 27.8 Å². The zero-order valence-corrected chi connectivity index (χ0v) is 43.3. The van der Waals surface area contributed by atoms with Crippen molar-refractivity contribution in [1.29, 1.82) is 0 Å². The second-order valence-corrected chi connectivity index (χ2v) is 29.5. The SMILES string of the molecule is CC(/C=C\[C@@H](C)[C@H](C)O[Si](C)(C)C(C)(C)C)[C@H]1OC(C)(C)O[C@H]1CCO.CCC[C@@H]1OC(C)(C)O[C@@H]1C(C)/C=C\[C@@H](C)[C@H](C)O[Si](C)(C)C(C)(C)C.[Na+].[OH-]. The van der Waals surface area contributed by atoms with Gasteiger partial charge in [0.1, 0.15) is 0 Å². The molecule has 2 aliphatic heterocycles. The van der Waals surface area contributed by atoms with Crippen molar-refractivity contribution >= 4 is 16.6 Å². The Morgan fingerprint density at radius 2 is 0.926 bits per heavy atom. The van der Waals surface area contributed by atoms with Gasteiger partial charge in [0, 0.05) is 30.7 Å². The Kier molecular flexibility index (Phi) is 24.0. The number of hydrogen-bond donors (Lipinski definition) is 1. The van der Waals surface area contributed by atoms with Gasteiger partial charge in [-0.05, 0) is 102 Å². The molecule has 2 rings (SSSR count). The van der Waals surface area contributed by atoms with Crippen LogP contribution in [0, 0.1) is 23.7 Å². The molecule has 2 fully saturated rings. The molecule has 0 aromatic rings. The first kappa shape index (κ1) is 56.7. The summed E-state index contributed by atoms with van der Waals surface area (Å²) in [7, 11) is -3.49. The number of hydrogen-bond acceptors (Lipinski definition) is 8. The van der Waals surface area contributed by atoms with Crippen molar-refractivity contribution in [3.8, 4) is 0 Å². The van der Waals surface area contributed by atoms with Gasteiger partial charge in [-0.2, -0.15) is 0 Å². The van der Waals surface area contributed by atoms with Gasteiger partial charge in [0.2, 0.25) is 0 Å². The molecule has 54 heavy (non-hydrogen) atoms. The van der Waals surface area contributed by atoms with E-state index in [1.165, 1.54) is 0 Å². The molecule has 0 aromatic carbocycles. The first-order valence-corrected chi connectivity index (χ1v) is 26.3. The third-order valence-electron chi connectivity index (χ3n) is 12.0. The Balaban J connectivity index is 0. The summed E-state index contributed by atoms with van der Waals surface area (Å²) >= 11 is 0. The molecule has 2 aliphatic rings. The monoisotopic (exact) mass is 811 g/mol. The summed E-state index contributed by atoms with van der Waals surface area (Å²) in [4.78, 5) is 0. The van der Waals surface area contributed by atoms with Gasteiger partial charge >= 0.3 is 29.6 Å². The molecule has 0 spiro atoms. The second-order valence-electron chi connectivity index (χ2n) is 20.0. The topological polar surface area (TPSA) is 106 Å². The van der Waals surface area contributed by atoms with E-state index < -0.39 is 28.2 Å². The van der Waals surface area contributed by atoms with E-state index in [0.29, 0.717) is 24.2 Å². The van der Waals surface area contributed by atoms with Crippen LogP contribution in [-0.4, -0.2) is 82.0 Å². The standard InChI is InChI=1S/C22H44O3Si.C21H42O4Si.Na.H2O/c1-12-13-19-20(24-22(8,9)23-19)17(3)15-14-16(2)18(4)25-26(10,11)21(5,6)7;1-15(17(3)25-26(9,10)20(4,5)6)11-12-16(2)19-18(13-14-22)23-21(7,8)24-19;;/h14-20H,12-13H2,1-11H3;11-12,15-19,22H,13-14H2,1-10H3;;1H2/q;;+1;/p-1/b15-14-;12-11-;;/t16-,17?,18+,19+,20-;15-,16?,17+,18+,19-;;/m11../s1. The summed E-state index contributed by atoms with van der Waals surface area (Å²) < 4.78 is 37.4. The smallest absolute Gasteiger partial charge is 0.870 e. The summed E-state index contributed by atoms with van der Waals surface area (Å²) in [6, 6.07) is 0. The third-order valence-corrected chi connectivity index (χ3v) is 21.1. The molecule has 0 bridgehead atoms. The van der Waals surface area contributed by atoms with E-state index in [0.717, 1.165) is 12.8 Å². The first-order chi connectivity index (χ1) is 23.4. The van der Waals surface area contributed by atoms with Crippen LogP contribution in [0.2, 0.25) is 36.3 Å². The van der Waals surface area contributed by atoms with Crippen LogP contribution in [0.4, 0.5) is 0 Å². The van der Waals surface area contributed by atoms with E-state index in [4.69, 9.17) is 27.8 Å². The van der Waals surface area contributed by atoms with Gasteiger partial charge in [0.25, 0.3) is 0 Å². The quantitative estimate of drug-likeness (QED) is 0.122. The molecule has 0 aromatic heterocycles. The maximum atomic E-state index is 9.29. The van der Waals surface area contributed by atoms with Crippen molar-refractivity contribution in [2.75, 3.05) is 6.61 Å². The summed E-state index contributed by atoms with van der Waals surface area (Å²) in [5.74, 6) is 0.199. The molecule has 2 saturated heterocycles. The third kappa shape index (κ3) is 17.8. The van der Waals surface area contributed by atoms with Gasteiger partial charge in [0.05, 0.1) is 24.4 Å². The number of aliphatic hydroxyl groups is 1. The molecule has 10 atom stereocenters. The maximum absolute atomic E-state index is 9.29. The zero-order chi connectivity index (χ0) is 40.7. The summed E-state index contributed by atoms with van der Waals surface area (Å²) in [5.41, 5.74) is 0. The molecule has 0 saturated carbocycles. The van der Waals surface area contributed by atoms with E-state index in [-0.39, 0.29) is 94.3 Å². The molecule has 2 unspecified atom stereocenters. The Labute approximate surface area is 358 Å². The average molecular weight is 811 g/mol. The molecule has 11 heteroatoms. The van der Waals surface area contributed by atoms with Crippen LogP contribution in [0.1, 0.15) is 137 Å². The molecular formula is C43H87NaO8Si2. The van der Waals surface area contributed by atoms with Crippen molar-refractivity contribution in [3.63, 3.8) is 0 Å². The van der Waals surface area contributed by atoms with Gasteiger partial charge in [-0.3, -0.25) is 0 Å². The molecule has 316 valence electrons. The normalized spacial score (nSPS) is 26.6. The molecule has 2 heterocycles. The number of rotatable bonds is 16. The van der Waals surface area contributed by atoms with E-state index in [1.807, 2.05) is 27.7 Å². The fourth-order valence-electron chi connectivity index (χ4n) is 6.21. The molecule has 2 N–H and O–H groups in total. The molecular weight excluding hydrogens is 724 g/mol. The van der Waals surface area contributed by atoms with E-state index in [2.05, 4.69) is 141 Å². The summed E-state index contributed by atoms with van der Waals surface area (Å²) in [6.45, 7) is 46.4. The van der Waals surface area contributed by atoms with Crippen LogP contribution >= 0.6 is 0 Å². The van der Waals surface area contributed by atoms with Crippen molar-refractivity contribution in [1.82, 2.24) is 0 Å². The van der Waals surface area contributed by atoms with Crippen molar-refractivity contribution in [2.45, 2.75) is 221 Å². The van der Waals surface area contributed by atoms with Gasteiger partial charge in [-0.15, -0.1) is 0 Å². The Morgan fingerprint density at radius 1 is 0.611 bits per heavy atom. The number of aliphatic hydroxyl groups excluding tert-OH is 1.